The van der Waals surface area contributed by atoms with Crippen LogP contribution in [0.2, 0.25) is 0 Å². The topological polar surface area (TPSA) is 48.5 Å². The van der Waals surface area contributed by atoms with E-state index in [1.807, 2.05) is 24.4 Å². The highest BCUT2D eigenvalue weighted by Crippen LogP contribution is 2.30. The number of benzene rings is 1. The summed E-state index contributed by atoms with van der Waals surface area (Å²) in [7, 11) is 2.20. The number of halogens is 1. The van der Waals surface area contributed by atoms with Gasteiger partial charge in [-0.3, -0.25) is 4.79 Å². The number of hydrogen-bond acceptors (Lipinski definition) is 4. The first-order chi connectivity index (χ1) is 13.6. The summed E-state index contributed by atoms with van der Waals surface area (Å²) in [6.45, 7) is 5.91. The summed E-state index contributed by atoms with van der Waals surface area (Å²) < 4.78 is 1.03. The monoisotopic (exact) mass is 444 g/mol. The predicted molar refractivity (Wildman–Crippen MR) is 117 cm³/mol. The van der Waals surface area contributed by atoms with E-state index in [4.69, 9.17) is 0 Å². The van der Waals surface area contributed by atoms with E-state index >= 15 is 0 Å². The zero-order chi connectivity index (χ0) is 19.5. The van der Waals surface area contributed by atoms with E-state index in [1.54, 1.807) is 0 Å². The zero-order valence-electron chi connectivity index (χ0n) is 16.5. The number of piperazine rings is 1. The molecule has 4 rings (SSSR count). The number of pyridine rings is 1. The van der Waals surface area contributed by atoms with Crippen LogP contribution in [0.15, 0.2) is 34.9 Å². The first-order valence-electron chi connectivity index (χ1n) is 10.3. The van der Waals surface area contributed by atoms with Crippen LogP contribution in [0.5, 0.6) is 0 Å². The Morgan fingerprint density at radius 2 is 1.86 bits per heavy atom. The van der Waals surface area contributed by atoms with Crippen LogP contribution in [-0.4, -0.2) is 60.5 Å². The first-order valence-corrected chi connectivity index (χ1v) is 11.1. The Morgan fingerprint density at radius 3 is 2.61 bits per heavy atom. The second kappa shape index (κ2) is 8.89. The van der Waals surface area contributed by atoms with Gasteiger partial charge in [0, 0.05) is 54.7 Å². The number of hydrogen-bond donors (Lipinski definition) is 1. The highest BCUT2D eigenvalue weighted by Gasteiger charge is 2.28. The van der Waals surface area contributed by atoms with Crippen LogP contribution < -0.4 is 5.32 Å². The van der Waals surface area contributed by atoms with Gasteiger partial charge in [0.05, 0.1) is 0 Å². The van der Waals surface area contributed by atoms with E-state index < -0.39 is 0 Å². The van der Waals surface area contributed by atoms with Crippen LogP contribution in [0.3, 0.4) is 0 Å². The van der Waals surface area contributed by atoms with Crippen molar-refractivity contribution >= 4 is 38.4 Å². The van der Waals surface area contributed by atoms with E-state index in [0.29, 0.717) is 5.82 Å². The Hall–Kier alpha value is -1.50. The minimum absolute atomic E-state index is 0.115. The molecule has 5 nitrogen and oxygen atoms in total. The molecule has 0 radical (unpaired) electrons. The van der Waals surface area contributed by atoms with E-state index in [0.717, 1.165) is 46.8 Å². The molecule has 1 aliphatic heterocycles. The van der Waals surface area contributed by atoms with Crippen LogP contribution >= 0.6 is 15.9 Å². The second-order valence-electron chi connectivity index (χ2n) is 8.37. The molecule has 1 amide bonds. The number of carbonyl (C=O) groups excluding carboxylic acids is 1. The van der Waals surface area contributed by atoms with Gasteiger partial charge in [-0.1, -0.05) is 22.0 Å². The van der Waals surface area contributed by atoms with Crippen molar-refractivity contribution in [1.29, 1.82) is 0 Å². The third kappa shape index (κ3) is 4.91. The number of amides is 1. The first kappa shape index (κ1) is 19.8. The largest absolute Gasteiger partial charge is 0.310 e. The molecule has 1 saturated heterocycles. The summed E-state index contributed by atoms with van der Waals surface area (Å²) in [6.07, 6.45) is 6.11. The molecule has 28 heavy (non-hydrogen) atoms. The van der Waals surface area contributed by atoms with Crippen LogP contribution in [0, 0.1) is 11.8 Å². The molecule has 2 fully saturated rings. The lowest BCUT2D eigenvalue weighted by Gasteiger charge is -2.36. The molecule has 1 aromatic carbocycles. The van der Waals surface area contributed by atoms with Crippen LogP contribution in [0.25, 0.3) is 10.8 Å². The molecule has 0 bridgehead atoms. The Balaban J connectivity index is 1.28. The van der Waals surface area contributed by atoms with Crippen LogP contribution in [0.4, 0.5) is 5.82 Å². The standard InChI is InChI=1S/C22H29BrN4O/c1-26-8-10-27(11-9-26)15-16-2-4-17(5-3-16)22(28)25-21-13-19-12-20(23)7-6-18(19)14-24-21/h6-7,12-14,16-17H,2-5,8-11,15H2,1H3,(H,24,25,28)/t16-,17-. The van der Waals surface area contributed by atoms with Gasteiger partial charge >= 0.3 is 0 Å². The summed E-state index contributed by atoms with van der Waals surface area (Å²) >= 11 is 3.50. The van der Waals surface area contributed by atoms with Gasteiger partial charge in [0.2, 0.25) is 5.91 Å². The molecule has 2 aliphatic rings. The maximum absolute atomic E-state index is 12.7. The summed E-state index contributed by atoms with van der Waals surface area (Å²) in [6, 6.07) is 8.04. The molecule has 2 heterocycles. The van der Waals surface area contributed by atoms with Crippen molar-refractivity contribution in [1.82, 2.24) is 14.8 Å². The maximum atomic E-state index is 12.7. The Morgan fingerprint density at radius 1 is 1.11 bits per heavy atom. The molecule has 6 heteroatoms. The quantitative estimate of drug-likeness (QED) is 0.774. The van der Waals surface area contributed by atoms with Crippen LogP contribution in [0.1, 0.15) is 25.7 Å². The van der Waals surface area contributed by atoms with Crippen molar-refractivity contribution in [3.05, 3.63) is 34.9 Å². The highest BCUT2D eigenvalue weighted by atomic mass is 79.9. The van der Waals surface area contributed by atoms with E-state index in [2.05, 4.69) is 49.1 Å². The Bertz CT molecular complexity index is 826. The average Bonchev–Trinajstić information content (AvgIpc) is 2.70. The number of likely N-dealkylation sites (N-methyl/N-ethyl adjacent to an activating group) is 1. The molecule has 1 aliphatic carbocycles. The van der Waals surface area contributed by atoms with Crippen molar-refractivity contribution in [3.8, 4) is 0 Å². The summed E-state index contributed by atoms with van der Waals surface area (Å²) in [4.78, 5) is 22.1. The Labute approximate surface area is 175 Å². The lowest BCUT2D eigenvalue weighted by molar-refractivity contribution is -0.121. The van der Waals surface area contributed by atoms with Crippen molar-refractivity contribution in [2.45, 2.75) is 25.7 Å². The Kier molecular flexibility index (Phi) is 6.28. The van der Waals surface area contributed by atoms with Crippen molar-refractivity contribution < 1.29 is 4.79 Å². The second-order valence-corrected chi connectivity index (χ2v) is 9.29. The molecule has 0 unspecified atom stereocenters. The van der Waals surface area contributed by atoms with Gasteiger partial charge < -0.3 is 15.1 Å². The van der Waals surface area contributed by atoms with Gasteiger partial charge in [-0.15, -0.1) is 0 Å². The normalized spacial score (nSPS) is 24.4. The fourth-order valence-corrected chi connectivity index (χ4v) is 4.79. The molecule has 1 aromatic heterocycles. The summed E-state index contributed by atoms with van der Waals surface area (Å²) in [5.41, 5.74) is 0. The smallest absolute Gasteiger partial charge is 0.228 e. The molecular weight excluding hydrogens is 416 g/mol. The average molecular weight is 445 g/mol. The third-order valence-corrected chi connectivity index (χ3v) is 6.76. The van der Waals surface area contributed by atoms with Crippen molar-refractivity contribution in [2.24, 2.45) is 11.8 Å². The van der Waals surface area contributed by atoms with E-state index in [-0.39, 0.29) is 11.8 Å². The molecular formula is C22H29BrN4O. The number of nitrogens with zero attached hydrogens (tertiary/aromatic N) is 3. The zero-order valence-corrected chi connectivity index (χ0v) is 18.1. The number of rotatable bonds is 4. The SMILES string of the molecule is CN1CCN(C[C@H]2CC[C@H](C(=O)Nc3cc4cc(Br)ccc4cn3)CC2)CC1. The number of fused-ring (bicyclic) bond motifs is 1. The lowest BCUT2D eigenvalue weighted by atomic mass is 9.81. The van der Waals surface area contributed by atoms with E-state index in [9.17, 15) is 4.79 Å². The lowest BCUT2D eigenvalue weighted by Crippen LogP contribution is -2.46. The maximum Gasteiger partial charge on any atom is 0.228 e. The van der Waals surface area contributed by atoms with Gasteiger partial charge in [0.1, 0.15) is 5.82 Å². The number of carbonyl (C=O) groups is 1. The number of anilines is 1. The summed E-state index contributed by atoms with van der Waals surface area (Å²) in [5, 5.41) is 5.20. The minimum Gasteiger partial charge on any atom is -0.310 e. The molecule has 0 atom stereocenters. The van der Waals surface area contributed by atoms with Gasteiger partial charge in [0.15, 0.2) is 0 Å². The van der Waals surface area contributed by atoms with Gasteiger partial charge in [-0.2, -0.15) is 0 Å². The van der Waals surface area contributed by atoms with Gasteiger partial charge in [0.25, 0.3) is 0 Å². The molecule has 1 saturated carbocycles. The van der Waals surface area contributed by atoms with Crippen molar-refractivity contribution in [3.63, 3.8) is 0 Å². The van der Waals surface area contributed by atoms with E-state index in [1.165, 1.54) is 32.7 Å². The number of aromatic nitrogens is 1. The third-order valence-electron chi connectivity index (χ3n) is 6.26. The minimum atomic E-state index is 0.115. The van der Waals surface area contributed by atoms with Gasteiger partial charge in [-0.05, 0) is 62.2 Å². The predicted octanol–water partition coefficient (Wildman–Crippen LogP) is 3.99. The highest BCUT2D eigenvalue weighted by molar-refractivity contribution is 9.10. The fourth-order valence-electron chi connectivity index (χ4n) is 4.41. The van der Waals surface area contributed by atoms with Gasteiger partial charge in [-0.25, -0.2) is 4.98 Å². The molecule has 1 N–H and O–H groups in total. The molecule has 0 spiro atoms. The summed E-state index contributed by atoms with van der Waals surface area (Å²) in [5.74, 6) is 1.63. The number of nitrogens with one attached hydrogen (secondary N) is 1. The fraction of sp³-hybridized carbons (Fsp3) is 0.545. The van der Waals surface area contributed by atoms with Crippen molar-refractivity contribution in [2.75, 3.05) is 45.1 Å². The molecule has 150 valence electrons. The van der Waals surface area contributed by atoms with Crippen LogP contribution in [-0.2, 0) is 4.79 Å². The molecule has 2 aromatic rings.